The highest BCUT2D eigenvalue weighted by molar-refractivity contribution is 9.10. The van der Waals surface area contributed by atoms with E-state index in [2.05, 4.69) is 15.9 Å². The third-order valence-electron chi connectivity index (χ3n) is 6.16. The molecule has 2 aromatic rings. The fourth-order valence-corrected chi connectivity index (χ4v) is 5.05. The van der Waals surface area contributed by atoms with Gasteiger partial charge in [0.25, 0.3) is 0 Å². The van der Waals surface area contributed by atoms with Crippen LogP contribution >= 0.6 is 27.5 Å². The van der Waals surface area contributed by atoms with Crippen LogP contribution in [-0.4, -0.2) is 24.1 Å². The summed E-state index contributed by atoms with van der Waals surface area (Å²) in [5.41, 5.74) is 4.13. The second-order valence-corrected chi connectivity index (χ2v) is 9.72. The van der Waals surface area contributed by atoms with Crippen molar-refractivity contribution in [2.24, 2.45) is 10.9 Å². The van der Waals surface area contributed by atoms with Gasteiger partial charge in [0.1, 0.15) is 5.92 Å². The number of halogens is 2. The first kappa shape index (κ1) is 22.9. The van der Waals surface area contributed by atoms with E-state index in [1.165, 1.54) is 0 Å². The van der Waals surface area contributed by atoms with Crippen LogP contribution in [0.25, 0.3) is 0 Å². The number of rotatable bonds is 5. The molecule has 0 bridgehead atoms. The minimum absolute atomic E-state index is 0.0451. The van der Waals surface area contributed by atoms with Gasteiger partial charge < -0.3 is 4.74 Å². The quantitative estimate of drug-likeness (QED) is 0.421. The Bertz CT molecular complexity index is 1090. The van der Waals surface area contributed by atoms with Crippen molar-refractivity contribution in [2.75, 3.05) is 6.61 Å². The molecule has 4 rings (SSSR count). The fourth-order valence-electron chi connectivity index (χ4n) is 4.66. The molecule has 0 saturated heterocycles. The summed E-state index contributed by atoms with van der Waals surface area (Å²) in [6, 6.07) is 15.5. The number of ether oxygens (including phenoxy) is 1. The summed E-state index contributed by atoms with van der Waals surface area (Å²) in [6.07, 6.45) is 1.79. The van der Waals surface area contributed by atoms with Crippen molar-refractivity contribution in [1.29, 1.82) is 0 Å². The molecule has 0 radical (unpaired) electrons. The van der Waals surface area contributed by atoms with E-state index in [1.807, 2.05) is 62.4 Å². The molecule has 0 saturated carbocycles. The molecule has 0 N–H and O–H groups in total. The zero-order valence-electron chi connectivity index (χ0n) is 18.1. The van der Waals surface area contributed by atoms with Crippen LogP contribution in [-0.2, 0) is 14.3 Å². The summed E-state index contributed by atoms with van der Waals surface area (Å²) in [7, 11) is 0. The predicted octanol–water partition coefficient (Wildman–Crippen LogP) is 6.63. The number of allylic oxidation sites excluding steroid dienone is 2. The topological polar surface area (TPSA) is 55.7 Å². The summed E-state index contributed by atoms with van der Waals surface area (Å²) in [5, 5.41) is 0.672. The molecule has 1 unspecified atom stereocenters. The normalized spacial score (nSPS) is 22.9. The fraction of sp³-hybridized carbons (Fsp3) is 0.346. The lowest BCUT2D eigenvalue weighted by Gasteiger charge is -2.36. The average molecular weight is 515 g/mol. The molecule has 0 fully saturated rings. The molecule has 0 spiro atoms. The van der Waals surface area contributed by atoms with E-state index >= 15 is 0 Å². The van der Waals surface area contributed by atoms with E-state index in [0.29, 0.717) is 35.8 Å². The second-order valence-electron chi connectivity index (χ2n) is 8.37. The first-order valence-corrected chi connectivity index (χ1v) is 12.0. The standard InChI is InChI=1S/C26H25BrClNO3/c1-3-12-32-26(31)23-15(2)29-21-13-18(16-6-10-20(28)11-7-16)14-22(30)25(21)24(23)17-4-8-19(27)9-5-17/h4-11,18,23-24H,3,12-14H2,1-2H3/t18-,23?,24+/m0/s1. The third-order valence-corrected chi connectivity index (χ3v) is 6.94. The highest BCUT2D eigenvalue weighted by atomic mass is 79.9. The van der Waals surface area contributed by atoms with Gasteiger partial charge in [-0.25, -0.2) is 0 Å². The zero-order chi connectivity index (χ0) is 22.8. The summed E-state index contributed by atoms with van der Waals surface area (Å²) in [4.78, 5) is 31.4. The lowest BCUT2D eigenvalue weighted by Crippen LogP contribution is -2.38. The summed E-state index contributed by atoms with van der Waals surface area (Å²) in [5.74, 6) is -1.22. The molecule has 4 nitrogen and oxygen atoms in total. The zero-order valence-corrected chi connectivity index (χ0v) is 20.4. The Morgan fingerprint density at radius 1 is 1.09 bits per heavy atom. The van der Waals surface area contributed by atoms with E-state index in [-0.39, 0.29) is 17.7 Å². The van der Waals surface area contributed by atoms with Crippen molar-refractivity contribution in [3.05, 3.63) is 80.4 Å². The summed E-state index contributed by atoms with van der Waals surface area (Å²) < 4.78 is 6.46. The molecular formula is C26H25BrClNO3. The van der Waals surface area contributed by atoms with Gasteiger partial charge in [-0.2, -0.15) is 0 Å². The first-order chi connectivity index (χ1) is 15.4. The van der Waals surface area contributed by atoms with Crippen LogP contribution in [0, 0.1) is 5.92 Å². The van der Waals surface area contributed by atoms with Crippen LogP contribution in [0.3, 0.4) is 0 Å². The number of nitrogens with zero attached hydrogens (tertiary/aromatic N) is 1. The summed E-state index contributed by atoms with van der Waals surface area (Å²) >= 11 is 9.52. The molecule has 1 aliphatic heterocycles. The largest absolute Gasteiger partial charge is 0.465 e. The number of carbonyl (C=O) groups is 2. The first-order valence-electron chi connectivity index (χ1n) is 10.9. The van der Waals surface area contributed by atoms with Crippen LogP contribution < -0.4 is 0 Å². The van der Waals surface area contributed by atoms with Gasteiger partial charge >= 0.3 is 5.97 Å². The molecule has 1 heterocycles. The maximum Gasteiger partial charge on any atom is 0.315 e. The molecule has 2 aliphatic rings. The van der Waals surface area contributed by atoms with E-state index in [9.17, 15) is 9.59 Å². The van der Waals surface area contributed by atoms with Crippen LogP contribution in [0.5, 0.6) is 0 Å². The SMILES string of the molecule is CCCOC(=O)C1C(C)=NC2=C(C(=O)C[C@@H](c3ccc(Cl)cc3)C2)[C@@H]1c1ccc(Br)cc1. The molecule has 166 valence electrons. The Balaban J connectivity index is 1.76. The number of aliphatic imine (C=N–C) groups is 1. The van der Waals surface area contributed by atoms with Gasteiger partial charge in [0.2, 0.25) is 0 Å². The molecular weight excluding hydrogens is 490 g/mol. The van der Waals surface area contributed by atoms with Crippen LogP contribution in [0.2, 0.25) is 5.02 Å². The van der Waals surface area contributed by atoms with Crippen molar-refractivity contribution < 1.29 is 14.3 Å². The monoisotopic (exact) mass is 513 g/mol. The Morgan fingerprint density at radius 3 is 2.41 bits per heavy atom. The van der Waals surface area contributed by atoms with Gasteiger partial charge in [-0.05, 0) is 61.1 Å². The van der Waals surface area contributed by atoms with E-state index in [4.69, 9.17) is 21.3 Å². The number of hydrogen-bond donors (Lipinski definition) is 0. The Morgan fingerprint density at radius 2 is 1.75 bits per heavy atom. The van der Waals surface area contributed by atoms with Crippen molar-refractivity contribution in [1.82, 2.24) is 0 Å². The minimum atomic E-state index is -0.600. The van der Waals surface area contributed by atoms with Crippen LogP contribution in [0.4, 0.5) is 0 Å². The molecule has 3 atom stereocenters. The number of Topliss-reactive ketones (excluding diaryl/α,β-unsaturated/α-hetero) is 1. The highest BCUT2D eigenvalue weighted by Crippen LogP contribution is 2.47. The molecule has 1 aliphatic carbocycles. The average Bonchev–Trinajstić information content (AvgIpc) is 2.77. The van der Waals surface area contributed by atoms with E-state index in [0.717, 1.165) is 27.7 Å². The van der Waals surface area contributed by atoms with Gasteiger partial charge in [-0.3, -0.25) is 14.6 Å². The van der Waals surface area contributed by atoms with Gasteiger partial charge in [-0.15, -0.1) is 0 Å². The Hall–Kier alpha value is -2.24. The molecule has 6 heteroatoms. The van der Waals surface area contributed by atoms with Gasteiger partial charge in [0.05, 0.1) is 6.61 Å². The summed E-state index contributed by atoms with van der Waals surface area (Å²) in [6.45, 7) is 4.18. The predicted molar refractivity (Wildman–Crippen MR) is 130 cm³/mol. The number of esters is 1. The number of carbonyl (C=O) groups excluding carboxylic acids is 2. The Kier molecular flexibility index (Phi) is 6.96. The molecule has 0 amide bonds. The number of ketones is 1. The smallest absolute Gasteiger partial charge is 0.315 e. The maximum absolute atomic E-state index is 13.5. The van der Waals surface area contributed by atoms with Crippen molar-refractivity contribution >= 4 is 45.0 Å². The van der Waals surface area contributed by atoms with Crippen molar-refractivity contribution in [3.63, 3.8) is 0 Å². The molecule has 2 aromatic carbocycles. The van der Waals surface area contributed by atoms with Gasteiger partial charge in [0, 0.05) is 38.8 Å². The lowest BCUT2D eigenvalue weighted by atomic mass is 9.69. The maximum atomic E-state index is 13.5. The second kappa shape index (κ2) is 9.72. The van der Waals surface area contributed by atoms with E-state index in [1.54, 1.807) is 0 Å². The number of benzene rings is 2. The number of hydrogen-bond acceptors (Lipinski definition) is 4. The minimum Gasteiger partial charge on any atom is -0.465 e. The van der Waals surface area contributed by atoms with Gasteiger partial charge in [0.15, 0.2) is 5.78 Å². The van der Waals surface area contributed by atoms with Crippen molar-refractivity contribution in [3.8, 4) is 0 Å². The highest BCUT2D eigenvalue weighted by Gasteiger charge is 2.44. The molecule has 0 aromatic heterocycles. The van der Waals surface area contributed by atoms with Crippen LogP contribution in [0.1, 0.15) is 56.1 Å². The van der Waals surface area contributed by atoms with Gasteiger partial charge in [-0.1, -0.05) is 58.7 Å². The van der Waals surface area contributed by atoms with E-state index < -0.39 is 11.8 Å². The van der Waals surface area contributed by atoms with Crippen molar-refractivity contribution in [2.45, 2.75) is 44.9 Å². The lowest BCUT2D eigenvalue weighted by molar-refractivity contribution is -0.146. The Labute approximate surface area is 201 Å². The van der Waals surface area contributed by atoms with Crippen LogP contribution in [0.15, 0.2) is 69.3 Å². The third kappa shape index (κ3) is 4.60. The molecule has 32 heavy (non-hydrogen) atoms.